The molecule has 0 aromatic carbocycles. The van der Waals surface area contributed by atoms with E-state index in [4.69, 9.17) is 0 Å². The standard InChI is InChI=1S/C15H23N3O/c1-4-16-13-8-9-18(10-11(13)2)15(19)14-7-5-6-12(3)17-14/h5-7,11,13,16H,4,8-10H2,1-3H3. The van der Waals surface area contributed by atoms with E-state index in [9.17, 15) is 4.79 Å². The summed E-state index contributed by atoms with van der Waals surface area (Å²) in [6.45, 7) is 8.86. The van der Waals surface area contributed by atoms with Crippen LogP contribution in [-0.4, -0.2) is 41.5 Å². The number of rotatable bonds is 3. The van der Waals surface area contributed by atoms with Gasteiger partial charge < -0.3 is 10.2 Å². The highest BCUT2D eigenvalue weighted by atomic mass is 16.2. The van der Waals surface area contributed by atoms with E-state index >= 15 is 0 Å². The van der Waals surface area contributed by atoms with Gasteiger partial charge in [-0.25, -0.2) is 4.98 Å². The molecule has 1 aromatic rings. The lowest BCUT2D eigenvalue weighted by Crippen LogP contribution is -2.50. The van der Waals surface area contributed by atoms with Gasteiger partial charge in [0, 0.05) is 24.8 Å². The van der Waals surface area contributed by atoms with Gasteiger partial charge in [0.15, 0.2) is 0 Å². The van der Waals surface area contributed by atoms with E-state index in [-0.39, 0.29) is 5.91 Å². The van der Waals surface area contributed by atoms with Gasteiger partial charge in [-0.05, 0) is 37.9 Å². The first kappa shape index (κ1) is 14.0. The van der Waals surface area contributed by atoms with Gasteiger partial charge in [-0.2, -0.15) is 0 Å². The maximum Gasteiger partial charge on any atom is 0.272 e. The number of piperidine rings is 1. The molecule has 19 heavy (non-hydrogen) atoms. The maximum absolute atomic E-state index is 12.4. The molecular formula is C15H23N3O. The number of nitrogens with zero attached hydrogens (tertiary/aromatic N) is 2. The van der Waals surface area contributed by atoms with Crippen LogP contribution in [0.1, 0.15) is 36.5 Å². The van der Waals surface area contributed by atoms with Gasteiger partial charge in [0.05, 0.1) is 0 Å². The summed E-state index contributed by atoms with van der Waals surface area (Å²) in [7, 11) is 0. The van der Waals surface area contributed by atoms with Crippen LogP contribution in [0, 0.1) is 12.8 Å². The summed E-state index contributed by atoms with van der Waals surface area (Å²) >= 11 is 0. The Morgan fingerprint density at radius 1 is 1.53 bits per heavy atom. The molecule has 2 unspecified atom stereocenters. The Morgan fingerprint density at radius 2 is 2.32 bits per heavy atom. The Hall–Kier alpha value is -1.42. The van der Waals surface area contributed by atoms with Crippen molar-refractivity contribution < 1.29 is 4.79 Å². The lowest BCUT2D eigenvalue weighted by atomic mass is 9.93. The smallest absolute Gasteiger partial charge is 0.272 e. The van der Waals surface area contributed by atoms with Crippen molar-refractivity contribution in [2.45, 2.75) is 33.2 Å². The third-order valence-electron chi connectivity index (χ3n) is 3.77. The molecule has 0 radical (unpaired) electrons. The van der Waals surface area contributed by atoms with Gasteiger partial charge in [0.1, 0.15) is 5.69 Å². The Labute approximate surface area is 115 Å². The van der Waals surface area contributed by atoms with Crippen LogP contribution < -0.4 is 5.32 Å². The summed E-state index contributed by atoms with van der Waals surface area (Å²) in [6.07, 6.45) is 1.02. The molecular weight excluding hydrogens is 238 g/mol. The average Bonchev–Trinajstić information content (AvgIpc) is 2.40. The Balaban J connectivity index is 2.02. The van der Waals surface area contributed by atoms with Crippen molar-refractivity contribution in [3.8, 4) is 0 Å². The van der Waals surface area contributed by atoms with Crippen LogP contribution in [0.4, 0.5) is 0 Å². The first-order valence-corrected chi connectivity index (χ1v) is 7.08. The lowest BCUT2D eigenvalue weighted by Gasteiger charge is -2.37. The summed E-state index contributed by atoms with van der Waals surface area (Å²) < 4.78 is 0. The van der Waals surface area contributed by atoms with E-state index < -0.39 is 0 Å². The quantitative estimate of drug-likeness (QED) is 0.903. The Bertz CT molecular complexity index is 447. The van der Waals surface area contributed by atoms with E-state index in [0.29, 0.717) is 17.7 Å². The van der Waals surface area contributed by atoms with Crippen molar-refractivity contribution in [2.24, 2.45) is 5.92 Å². The number of carbonyl (C=O) groups excluding carboxylic acids is 1. The monoisotopic (exact) mass is 261 g/mol. The van der Waals surface area contributed by atoms with Gasteiger partial charge in [-0.15, -0.1) is 0 Å². The van der Waals surface area contributed by atoms with E-state index in [1.165, 1.54) is 0 Å². The third-order valence-corrected chi connectivity index (χ3v) is 3.77. The lowest BCUT2D eigenvalue weighted by molar-refractivity contribution is 0.0640. The molecule has 1 fully saturated rings. The first-order valence-electron chi connectivity index (χ1n) is 7.08. The molecule has 1 aromatic heterocycles. The van der Waals surface area contributed by atoms with Crippen molar-refractivity contribution in [2.75, 3.05) is 19.6 Å². The molecule has 0 bridgehead atoms. The molecule has 1 N–H and O–H groups in total. The molecule has 1 aliphatic rings. The van der Waals surface area contributed by atoms with E-state index in [2.05, 4.69) is 24.1 Å². The van der Waals surface area contributed by atoms with E-state index in [1.807, 2.05) is 24.0 Å². The molecule has 1 amide bonds. The van der Waals surface area contributed by atoms with Crippen LogP contribution in [0.15, 0.2) is 18.2 Å². The highest BCUT2D eigenvalue weighted by Gasteiger charge is 2.28. The zero-order chi connectivity index (χ0) is 13.8. The number of aromatic nitrogens is 1. The molecule has 2 heterocycles. The maximum atomic E-state index is 12.4. The minimum atomic E-state index is 0.0606. The van der Waals surface area contributed by atoms with Crippen molar-refractivity contribution >= 4 is 5.91 Å². The second-order valence-electron chi connectivity index (χ2n) is 5.35. The summed E-state index contributed by atoms with van der Waals surface area (Å²) in [4.78, 5) is 18.7. The summed E-state index contributed by atoms with van der Waals surface area (Å²) in [5.41, 5.74) is 1.45. The second kappa shape index (κ2) is 6.15. The number of hydrogen-bond donors (Lipinski definition) is 1. The number of aryl methyl sites for hydroxylation is 1. The summed E-state index contributed by atoms with van der Waals surface area (Å²) in [6, 6.07) is 6.14. The highest BCUT2D eigenvalue weighted by Crippen LogP contribution is 2.18. The fourth-order valence-electron chi connectivity index (χ4n) is 2.72. The van der Waals surface area contributed by atoms with Gasteiger partial charge in [0.2, 0.25) is 0 Å². The molecule has 2 rings (SSSR count). The summed E-state index contributed by atoms with van der Waals surface area (Å²) in [5, 5.41) is 3.49. The molecule has 0 saturated carbocycles. The minimum Gasteiger partial charge on any atom is -0.337 e. The summed E-state index contributed by atoms with van der Waals surface area (Å²) in [5.74, 6) is 0.549. The number of nitrogens with one attached hydrogen (secondary N) is 1. The minimum absolute atomic E-state index is 0.0606. The number of carbonyl (C=O) groups is 1. The first-order chi connectivity index (χ1) is 9.11. The molecule has 1 saturated heterocycles. The molecule has 1 aliphatic heterocycles. The largest absolute Gasteiger partial charge is 0.337 e. The Kier molecular flexibility index (Phi) is 4.53. The van der Waals surface area contributed by atoms with E-state index in [1.54, 1.807) is 6.07 Å². The van der Waals surface area contributed by atoms with Crippen LogP contribution in [0.5, 0.6) is 0 Å². The molecule has 0 spiro atoms. The van der Waals surface area contributed by atoms with Gasteiger partial charge in [-0.3, -0.25) is 4.79 Å². The average molecular weight is 261 g/mol. The fourth-order valence-corrected chi connectivity index (χ4v) is 2.72. The van der Waals surface area contributed by atoms with Crippen molar-refractivity contribution in [1.29, 1.82) is 0 Å². The van der Waals surface area contributed by atoms with E-state index in [0.717, 1.165) is 31.7 Å². The predicted molar refractivity (Wildman–Crippen MR) is 76.1 cm³/mol. The van der Waals surface area contributed by atoms with Crippen LogP contribution in [0.2, 0.25) is 0 Å². The highest BCUT2D eigenvalue weighted by molar-refractivity contribution is 5.92. The molecule has 104 valence electrons. The topological polar surface area (TPSA) is 45.2 Å². The normalized spacial score (nSPS) is 23.4. The Morgan fingerprint density at radius 3 is 2.95 bits per heavy atom. The van der Waals surface area contributed by atoms with Crippen LogP contribution in [0.25, 0.3) is 0 Å². The van der Waals surface area contributed by atoms with Gasteiger partial charge in [-0.1, -0.05) is 19.9 Å². The molecule has 4 nitrogen and oxygen atoms in total. The molecule has 0 aliphatic carbocycles. The second-order valence-corrected chi connectivity index (χ2v) is 5.35. The van der Waals surface area contributed by atoms with Gasteiger partial charge in [0.25, 0.3) is 5.91 Å². The number of likely N-dealkylation sites (tertiary alicyclic amines) is 1. The van der Waals surface area contributed by atoms with Crippen molar-refractivity contribution in [3.63, 3.8) is 0 Å². The van der Waals surface area contributed by atoms with Crippen LogP contribution >= 0.6 is 0 Å². The van der Waals surface area contributed by atoms with Crippen molar-refractivity contribution in [3.05, 3.63) is 29.6 Å². The zero-order valence-electron chi connectivity index (χ0n) is 12.0. The predicted octanol–water partition coefficient (Wildman–Crippen LogP) is 1.85. The van der Waals surface area contributed by atoms with Gasteiger partial charge >= 0.3 is 0 Å². The zero-order valence-corrected chi connectivity index (χ0v) is 12.0. The van der Waals surface area contributed by atoms with Crippen LogP contribution in [0.3, 0.4) is 0 Å². The number of amides is 1. The molecule has 2 atom stereocenters. The number of pyridine rings is 1. The molecule has 4 heteroatoms. The van der Waals surface area contributed by atoms with Crippen LogP contribution in [-0.2, 0) is 0 Å². The third kappa shape index (κ3) is 3.32. The fraction of sp³-hybridized carbons (Fsp3) is 0.600. The number of hydrogen-bond acceptors (Lipinski definition) is 3. The van der Waals surface area contributed by atoms with Crippen molar-refractivity contribution in [1.82, 2.24) is 15.2 Å². The SMILES string of the molecule is CCNC1CCN(C(=O)c2cccc(C)n2)CC1C.